The zero-order chi connectivity index (χ0) is 19.2. The first kappa shape index (κ1) is 17.9. The first-order valence-corrected chi connectivity index (χ1v) is 8.94. The summed E-state index contributed by atoms with van der Waals surface area (Å²) in [5, 5.41) is 11.3. The second kappa shape index (κ2) is 8.49. The van der Waals surface area contributed by atoms with Crippen molar-refractivity contribution in [3.63, 3.8) is 0 Å². The Bertz CT molecular complexity index is 986. The summed E-state index contributed by atoms with van der Waals surface area (Å²) < 4.78 is 15.7. The highest BCUT2D eigenvalue weighted by Crippen LogP contribution is 2.30. The third kappa shape index (κ3) is 4.10. The molecule has 0 bridgehead atoms. The van der Waals surface area contributed by atoms with Crippen LogP contribution in [0.1, 0.15) is 22.9 Å². The zero-order valence-electron chi connectivity index (χ0n) is 15.4. The number of hydrogen-bond donors (Lipinski definition) is 1. The van der Waals surface area contributed by atoms with Crippen LogP contribution in [0.3, 0.4) is 0 Å². The summed E-state index contributed by atoms with van der Waals surface area (Å²) in [6.45, 7) is 0.636. The van der Waals surface area contributed by atoms with E-state index in [1.54, 1.807) is 19.5 Å². The molecule has 7 heteroatoms. The van der Waals surface area contributed by atoms with Crippen LogP contribution in [0.2, 0.25) is 0 Å². The first-order valence-electron chi connectivity index (χ1n) is 8.94. The van der Waals surface area contributed by atoms with Gasteiger partial charge in [0.05, 0.1) is 31.1 Å². The highest BCUT2D eigenvalue weighted by molar-refractivity contribution is 5.65. The van der Waals surface area contributed by atoms with E-state index >= 15 is 0 Å². The van der Waals surface area contributed by atoms with Crippen molar-refractivity contribution >= 4 is 0 Å². The summed E-state index contributed by atoms with van der Waals surface area (Å²) in [5.74, 6) is 1.41. The molecule has 1 atom stereocenters. The fourth-order valence-corrected chi connectivity index (χ4v) is 3.10. The third-order valence-corrected chi connectivity index (χ3v) is 4.53. The fraction of sp³-hybridized carbons (Fsp3) is 0.190. The number of oxazole rings is 1. The van der Waals surface area contributed by atoms with E-state index in [0.717, 1.165) is 29.0 Å². The Morgan fingerprint density at radius 1 is 1.07 bits per heavy atom. The summed E-state index contributed by atoms with van der Waals surface area (Å²) in [5.41, 5.74) is 3.93. The SMILES string of the molecule is COc1cc(CNC(Cc2ccccc2)c2cnon2)ccc1-c1cnco1. The lowest BCUT2D eigenvalue weighted by atomic mass is 10.0. The average Bonchev–Trinajstić information content (AvgIpc) is 3.46. The molecule has 0 aliphatic heterocycles. The Labute approximate surface area is 162 Å². The van der Waals surface area contributed by atoms with Crippen molar-refractivity contribution in [2.24, 2.45) is 0 Å². The minimum atomic E-state index is -0.0198. The second-order valence-electron chi connectivity index (χ2n) is 6.36. The Kier molecular flexibility index (Phi) is 5.44. The van der Waals surface area contributed by atoms with Crippen LogP contribution < -0.4 is 10.1 Å². The largest absolute Gasteiger partial charge is 0.496 e. The number of hydrogen-bond acceptors (Lipinski definition) is 7. The number of methoxy groups -OCH3 is 1. The normalized spacial score (nSPS) is 12.0. The van der Waals surface area contributed by atoms with Crippen molar-refractivity contribution < 1.29 is 13.8 Å². The monoisotopic (exact) mass is 376 g/mol. The highest BCUT2D eigenvalue weighted by Gasteiger charge is 2.17. The zero-order valence-corrected chi connectivity index (χ0v) is 15.4. The van der Waals surface area contributed by atoms with Crippen LogP contribution in [0.25, 0.3) is 11.3 Å². The van der Waals surface area contributed by atoms with Gasteiger partial charge in [-0.15, -0.1) is 0 Å². The summed E-state index contributed by atoms with van der Waals surface area (Å²) >= 11 is 0. The summed E-state index contributed by atoms with van der Waals surface area (Å²) in [4.78, 5) is 3.97. The van der Waals surface area contributed by atoms with Crippen LogP contribution in [0.5, 0.6) is 5.75 Å². The molecule has 4 rings (SSSR count). The van der Waals surface area contributed by atoms with Gasteiger partial charge in [-0.1, -0.05) is 46.7 Å². The van der Waals surface area contributed by atoms with Gasteiger partial charge in [0.15, 0.2) is 12.2 Å². The van der Waals surface area contributed by atoms with Crippen molar-refractivity contribution in [2.45, 2.75) is 19.0 Å². The molecule has 0 saturated carbocycles. The van der Waals surface area contributed by atoms with Crippen LogP contribution >= 0.6 is 0 Å². The standard InChI is InChI=1S/C21H20N4O3/c1-26-20-10-16(7-8-17(20)21-13-22-14-27-21)11-23-18(19-12-24-28-25-19)9-15-5-3-2-4-6-15/h2-8,10,12-14,18,23H,9,11H2,1H3. The van der Waals surface area contributed by atoms with Gasteiger partial charge in [0.25, 0.3) is 0 Å². The molecule has 0 amide bonds. The van der Waals surface area contributed by atoms with E-state index in [1.165, 1.54) is 12.0 Å². The molecule has 4 aromatic rings. The third-order valence-electron chi connectivity index (χ3n) is 4.53. The highest BCUT2D eigenvalue weighted by atomic mass is 16.6. The van der Waals surface area contributed by atoms with E-state index in [4.69, 9.17) is 13.8 Å². The molecule has 2 heterocycles. The molecule has 142 valence electrons. The van der Waals surface area contributed by atoms with Gasteiger partial charge in [-0.3, -0.25) is 0 Å². The molecular weight excluding hydrogens is 356 g/mol. The molecule has 0 radical (unpaired) electrons. The number of ether oxygens (including phenoxy) is 1. The molecule has 2 aromatic heterocycles. The predicted molar refractivity (Wildman–Crippen MR) is 103 cm³/mol. The van der Waals surface area contributed by atoms with Crippen molar-refractivity contribution in [3.05, 3.63) is 84.1 Å². The lowest BCUT2D eigenvalue weighted by Gasteiger charge is -2.17. The van der Waals surface area contributed by atoms with E-state index in [2.05, 4.69) is 32.7 Å². The number of rotatable bonds is 8. The van der Waals surface area contributed by atoms with Gasteiger partial charge in [-0.25, -0.2) is 9.61 Å². The lowest BCUT2D eigenvalue weighted by Crippen LogP contribution is -2.23. The van der Waals surface area contributed by atoms with E-state index in [0.29, 0.717) is 12.3 Å². The van der Waals surface area contributed by atoms with Gasteiger partial charge >= 0.3 is 0 Å². The minimum Gasteiger partial charge on any atom is -0.496 e. The fourth-order valence-electron chi connectivity index (χ4n) is 3.10. The molecular formula is C21H20N4O3. The maximum Gasteiger partial charge on any atom is 0.181 e. The van der Waals surface area contributed by atoms with Crippen molar-refractivity contribution in [2.75, 3.05) is 7.11 Å². The Balaban J connectivity index is 1.51. The van der Waals surface area contributed by atoms with Crippen molar-refractivity contribution in [1.82, 2.24) is 20.6 Å². The van der Waals surface area contributed by atoms with Crippen LogP contribution in [0, 0.1) is 0 Å². The van der Waals surface area contributed by atoms with Crippen molar-refractivity contribution in [3.8, 4) is 17.1 Å². The maximum absolute atomic E-state index is 5.53. The quantitative estimate of drug-likeness (QED) is 0.500. The van der Waals surface area contributed by atoms with Gasteiger partial charge in [-0.2, -0.15) is 0 Å². The molecule has 0 fully saturated rings. The van der Waals surface area contributed by atoms with Crippen LogP contribution in [0.4, 0.5) is 0 Å². The van der Waals surface area contributed by atoms with E-state index in [9.17, 15) is 0 Å². The average molecular weight is 376 g/mol. The molecule has 0 aliphatic carbocycles. The topological polar surface area (TPSA) is 86.2 Å². The van der Waals surface area contributed by atoms with Crippen molar-refractivity contribution in [1.29, 1.82) is 0 Å². The lowest BCUT2D eigenvalue weighted by molar-refractivity contribution is 0.298. The van der Waals surface area contributed by atoms with E-state index < -0.39 is 0 Å². The predicted octanol–water partition coefficient (Wildman–Crippen LogP) is 3.81. The Morgan fingerprint density at radius 2 is 1.96 bits per heavy atom. The molecule has 1 N–H and O–H groups in total. The van der Waals surface area contributed by atoms with E-state index in [-0.39, 0.29) is 6.04 Å². The summed E-state index contributed by atoms with van der Waals surface area (Å²) in [6.07, 6.45) is 5.50. The number of benzene rings is 2. The van der Waals surface area contributed by atoms with Gasteiger partial charge < -0.3 is 14.5 Å². The summed E-state index contributed by atoms with van der Waals surface area (Å²) in [6, 6.07) is 16.2. The summed E-state index contributed by atoms with van der Waals surface area (Å²) in [7, 11) is 1.64. The van der Waals surface area contributed by atoms with Gasteiger partial charge in [0.1, 0.15) is 11.4 Å². The molecule has 28 heavy (non-hydrogen) atoms. The maximum atomic E-state index is 5.53. The molecule has 0 spiro atoms. The molecule has 0 saturated heterocycles. The molecule has 7 nitrogen and oxygen atoms in total. The number of nitrogens with zero attached hydrogens (tertiary/aromatic N) is 3. The molecule has 1 unspecified atom stereocenters. The smallest absolute Gasteiger partial charge is 0.181 e. The number of nitrogens with one attached hydrogen (secondary N) is 1. The van der Waals surface area contributed by atoms with Crippen LogP contribution in [0.15, 0.2) is 76.4 Å². The van der Waals surface area contributed by atoms with Crippen LogP contribution in [-0.2, 0) is 13.0 Å². The Morgan fingerprint density at radius 3 is 2.68 bits per heavy atom. The van der Waals surface area contributed by atoms with Gasteiger partial charge in [0.2, 0.25) is 0 Å². The van der Waals surface area contributed by atoms with E-state index in [1.807, 2.05) is 36.4 Å². The first-order chi connectivity index (χ1) is 13.8. The molecule has 2 aromatic carbocycles. The van der Waals surface area contributed by atoms with Crippen LogP contribution in [-0.4, -0.2) is 22.4 Å². The molecule has 0 aliphatic rings. The minimum absolute atomic E-state index is 0.0198. The number of aromatic nitrogens is 3. The van der Waals surface area contributed by atoms with Gasteiger partial charge in [0, 0.05) is 6.54 Å². The second-order valence-corrected chi connectivity index (χ2v) is 6.36. The Hall–Kier alpha value is -3.45. The van der Waals surface area contributed by atoms with Gasteiger partial charge in [-0.05, 0) is 29.7 Å².